The Hall–Kier alpha value is -3.82. The quantitative estimate of drug-likeness (QED) is 0.275. The number of halogens is 4. The average Bonchev–Trinajstić information content (AvgIpc) is 3.20. The zero-order valence-corrected chi connectivity index (χ0v) is 22.5. The van der Waals surface area contributed by atoms with Gasteiger partial charge in [0.2, 0.25) is 10.0 Å². The maximum absolute atomic E-state index is 13.6. The topological polar surface area (TPSA) is 140 Å². The lowest BCUT2D eigenvalue weighted by molar-refractivity contribution is -0.274. The molecule has 2 heterocycles. The Morgan fingerprint density at radius 2 is 1.70 bits per heavy atom. The molecule has 0 saturated carbocycles. The number of imidazole rings is 1. The highest BCUT2D eigenvalue weighted by Crippen LogP contribution is 2.30. The van der Waals surface area contributed by atoms with Crippen LogP contribution in [0.5, 0.6) is 17.5 Å². The number of hydrogen-bond donors (Lipinski definition) is 1. The summed E-state index contributed by atoms with van der Waals surface area (Å²) in [5.74, 6) is -0.907. The molecule has 0 atom stereocenters. The predicted octanol–water partition coefficient (Wildman–Crippen LogP) is 3.36. The molecule has 40 heavy (non-hydrogen) atoms. The summed E-state index contributed by atoms with van der Waals surface area (Å²) in [6, 6.07) is 11.2. The Kier molecular flexibility index (Phi) is 8.28. The molecule has 2 aromatic heterocycles. The molecule has 0 fully saturated rings. The van der Waals surface area contributed by atoms with E-state index in [-0.39, 0.29) is 54.6 Å². The maximum Gasteiger partial charge on any atom is 0.573 e. The molecule has 0 aliphatic rings. The van der Waals surface area contributed by atoms with Gasteiger partial charge in [0.15, 0.2) is 11.2 Å². The van der Waals surface area contributed by atoms with Gasteiger partial charge in [-0.3, -0.25) is 18.5 Å². The van der Waals surface area contributed by atoms with Crippen LogP contribution in [0.3, 0.4) is 0 Å². The number of nitrogens with zero attached hydrogens (tertiary/aromatic N) is 4. The van der Waals surface area contributed by atoms with Crippen molar-refractivity contribution in [3.63, 3.8) is 0 Å². The van der Waals surface area contributed by atoms with Gasteiger partial charge in [0, 0.05) is 24.7 Å². The monoisotopic (exact) mass is 601 g/mol. The highest BCUT2D eigenvalue weighted by Gasteiger charge is 2.31. The number of primary sulfonamides is 1. The third-order valence-electron chi connectivity index (χ3n) is 5.76. The SMILES string of the molecule is Cn1c(=O)n(CCCCS(N)(=O)=O)c(=O)c2c1nc(Oc1cccc(OC(F)(F)F)c1)n2Cc1ccc(Cl)cc1. The molecule has 0 aliphatic heterocycles. The first-order chi connectivity index (χ1) is 18.7. The van der Waals surface area contributed by atoms with Gasteiger partial charge in [-0.1, -0.05) is 29.8 Å². The molecule has 0 spiro atoms. The lowest BCUT2D eigenvalue weighted by Crippen LogP contribution is -2.39. The molecule has 0 radical (unpaired) electrons. The van der Waals surface area contributed by atoms with Crippen LogP contribution in [0.2, 0.25) is 5.02 Å². The molecule has 4 rings (SSSR count). The van der Waals surface area contributed by atoms with Gasteiger partial charge >= 0.3 is 18.1 Å². The zero-order valence-electron chi connectivity index (χ0n) is 20.9. The maximum atomic E-state index is 13.6. The van der Waals surface area contributed by atoms with E-state index in [1.807, 2.05) is 0 Å². The van der Waals surface area contributed by atoms with Gasteiger partial charge in [-0.05, 0) is 42.7 Å². The van der Waals surface area contributed by atoms with Crippen LogP contribution in [-0.4, -0.2) is 39.2 Å². The van der Waals surface area contributed by atoms with Crippen LogP contribution >= 0.6 is 11.6 Å². The summed E-state index contributed by atoms with van der Waals surface area (Å²) in [4.78, 5) is 30.9. The minimum atomic E-state index is -4.92. The first-order valence-electron chi connectivity index (χ1n) is 11.7. The van der Waals surface area contributed by atoms with E-state index >= 15 is 0 Å². The molecule has 4 aromatic rings. The van der Waals surface area contributed by atoms with Crippen LogP contribution in [0.4, 0.5) is 13.2 Å². The van der Waals surface area contributed by atoms with Crippen molar-refractivity contribution in [2.24, 2.45) is 12.2 Å². The van der Waals surface area contributed by atoms with Crippen LogP contribution in [0, 0.1) is 0 Å². The van der Waals surface area contributed by atoms with E-state index in [1.165, 1.54) is 23.7 Å². The lowest BCUT2D eigenvalue weighted by atomic mass is 10.2. The third-order valence-corrected chi connectivity index (χ3v) is 6.87. The molecular weight excluding hydrogens is 579 g/mol. The molecule has 0 aliphatic carbocycles. The van der Waals surface area contributed by atoms with Crippen LogP contribution in [0.25, 0.3) is 11.2 Å². The van der Waals surface area contributed by atoms with E-state index in [2.05, 4.69) is 9.72 Å². The standard InChI is InChI=1S/C24H23ClF3N5O6S/c1-31-20-19(21(34)32(23(31)35)11-2-3-12-40(29,36)37)33(14-15-7-9-16(25)10-8-15)22(30-20)38-17-5-4-6-18(13-17)39-24(26,27)28/h4-10,13H,2-3,11-12,14H2,1H3,(H2,29,36,37). The minimum absolute atomic E-state index is 0.0128. The van der Waals surface area contributed by atoms with Gasteiger partial charge in [0.05, 0.1) is 12.3 Å². The summed E-state index contributed by atoms with van der Waals surface area (Å²) >= 11 is 5.99. The van der Waals surface area contributed by atoms with Gasteiger partial charge in [-0.25, -0.2) is 18.4 Å². The predicted molar refractivity (Wildman–Crippen MR) is 140 cm³/mol. The molecule has 0 unspecified atom stereocenters. The van der Waals surface area contributed by atoms with E-state index < -0.39 is 33.4 Å². The van der Waals surface area contributed by atoms with E-state index in [0.29, 0.717) is 10.6 Å². The van der Waals surface area contributed by atoms with Crippen molar-refractivity contribution in [3.05, 3.63) is 80.0 Å². The number of aryl methyl sites for hydroxylation is 1. The summed E-state index contributed by atoms with van der Waals surface area (Å²) < 4.78 is 73.8. The summed E-state index contributed by atoms with van der Waals surface area (Å²) in [6.07, 6.45) is -4.61. The van der Waals surface area contributed by atoms with Crippen LogP contribution in [0.15, 0.2) is 58.1 Å². The third kappa shape index (κ3) is 7.03. The molecule has 0 saturated heterocycles. The number of sulfonamides is 1. The van der Waals surface area contributed by atoms with Gasteiger partial charge in [0.25, 0.3) is 5.56 Å². The second-order valence-corrected chi connectivity index (χ2v) is 10.9. The van der Waals surface area contributed by atoms with E-state index in [4.69, 9.17) is 21.5 Å². The minimum Gasteiger partial charge on any atom is -0.425 e. The summed E-state index contributed by atoms with van der Waals surface area (Å²) in [6.45, 7) is -0.0588. The van der Waals surface area contributed by atoms with Gasteiger partial charge in [0.1, 0.15) is 11.5 Å². The Balaban J connectivity index is 1.80. The fourth-order valence-electron chi connectivity index (χ4n) is 3.96. The molecule has 0 bridgehead atoms. The summed E-state index contributed by atoms with van der Waals surface area (Å²) in [5, 5.41) is 5.50. The number of alkyl halides is 3. The van der Waals surface area contributed by atoms with Crippen molar-refractivity contribution in [2.45, 2.75) is 32.3 Å². The summed E-state index contributed by atoms with van der Waals surface area (Å²) in [5.41, 5.74) is -0.769. The fourth-order valence-corrected chi connectivity index (χ4v) is 4.69. The van der Waals surface area contributed by atoms with Crippen molar-refractivity contribution in [1.29, 1.82) is 0 Å². The molecule has 16 heteroatoms. The van der Waals surface area contributed by atoms with Crippen molar-refractivity contribution < 1.29 is 31.1 Å². The second-order valence-electron chi connectivity index (χ2n) is 8.78. The molecular formula is C24H23ClF3N5O6S. The number of fused-ring (bicyclic) bond motifs is 1. The van der Waals surface area contributed by atoms with E-state index in [1.54, 1.807) is 24.3 Å². The summed E-state index contributed by atoms with van der Waals surface area (Å²) in [7, 11) is -2.31. The molecule has 214 valence electrons. The number of ether oxygens (including phenoxy) is 2. The highest BCUT2D eigenvalue weighted by atomic mass is 35.5. The number of aromatic nitrogens is 4. The van der Waals surface area contributed by atoms with Crippen molar-refractivity contribution in [3.8, 4) is 17.5 Å². The number of benzene rings is 2. The number of hydrogen-bond acceptors (Lipinski definition) is 7. The Morgan fingerprint density at radius 1 is 1.02 bits per heavy atom. The van der Waals surface area contributed by atoms with Gasteiger partial charge in [-0.2, -0.15) is 4.98 Å². The number of nitrogens with two attached hydrogens (primary N) is 1. The first kappa shape index (κ1) is 29.2. The first-order valence-corrected chi connectivity index (χ1v) is 13.8. The normalized spacial score (nSPS) is 12.2. The van der Waals surface area contributed by atoms with Gasteiger partial charge < -0.3 is 9.47 Å². The fraction of sp³-hybridized carbons (Fsp3) is 0.292. The van der Waals surface area contributed by atoms with Crippen molar-refractivity contribution in [2.75, 3.05) is 5.75 Å². The van der Waals surface area contributed by atoms with Crippen LogP contribution in [-0.2, 0) is 30.2 Å². The van der Waals surface area contributed by atoms with Crippen molar-refractivity contribution >= 4 is 32.8 Å². The molecule has 2 N–H and O–H groups in total. The largest absolute Gasteiger partial charge is 0.573 e. The van der Waals surface area contributed by atoms with Crippen LogP contribution in [0.1, 0.15) is 18.4 Å². The Bertz CT molecular complexity index is 1770. The number of rotatable bonds is 10. The van der Waals surface area contributed by atoms with Crippen LogP contribution < -0.4 is 25.9 Å². The second kappa shape index (κ2) is 11.3. The molecule has 2 aromatic carbocycles. The average molecular weight is 602 g/mol. The van der Waals surface area contributed by atoms with Crippen molar-refractivity contribution in [1.82, 2.24) is 18.7 Å². The Morgan fingerprint density at radius 3 is 2.35 bits per heavy atom. The van der Waals surface area contributed by atoms with E-state index in [9.17, 15) is 31.2 Å². The highest BCUT2D eigenvalue weighted by molar-refractivity contribution is 7.89. The Labute approximate surface area is 230 Å². The lowest BCUT2D eigenvalue weighted by Gasteiger charge is -2.13. The zero-order chi connectivity index (χ0) is 29.2. The van der Waals surface area contributed by atoms with Gasteiger partial charge in [-0.15, -0.1) is 13.2 Å². The molecule has 11 nitrogen and oxygen atoms in total. The smallest absolute Gasteiger partial charge is 0.425 e. The molecule has 0 amide bonds. The number of unbranched alkanes of at least 4 members (excludes halogenated alkanes) is 1. The van der Waals surface area contributed by atoms with E-state index in [0.717, 1.165) is 21.3 Å².